The summed E-state index contributed by atoms with van der Waals surface area (Å²) in [7, 11) is 0. The van der Waals surface area contributed by atoms with E-state index in [1.165, 1.54) is 16.5 Å². The molecule has 0 saturated carbocycles. The average Bonchev–Trinajstić information content (AvgIpc) is 3.20. The highest BCUT2D eigenvalue weighted by Gasteiger charge is 2.32. The molecule has 1 atom stereocenters. The van der Waals surface area contributed by atoms with Crippen LogP contribution in [-0.4, -0.2) is 65.9 Å². The highest BCUT2D eigenvalue weighted by molar-refractivity contribution is 7.10. The van der Waals surface area contributed by atoms with Gasteiger partial charge in [0.2, 0.25) is 5.91 Å². The first-order valence-corrected chi connectivity index (χ1v) is 13.3. The maximum Gasteiger partial charge on any atom is 0.321 e. The summed E-state index contributed by atoms with van der Waals surface area (Å²) in [6, 6.07) is 16.2. The van der Waals surface area contributed by atoms with Crippen LogP contribution in [0.1, 0.15) is 34.0 Å². The van der Waals surface area contributed by atoms with Gasteiger partial charge in [-0.1, -0.05) is 30.3 Å². The molecule has 1 fully saturated rings. The summed E-state index contributed by atoms with van der Waals surface area (Å²) in [6.07, 6.45) is 1.62. The molecule has 3 aromatic rings. The van der Waals surface area contributed by atoms with E-state index in [0.717, 1.165) is 36.2 Å². The van der Waals surface area contributed by atoms with Crippen LogP contribution in [0.3, 0.4) is 0 Å². The van der Waals surface area contributed by atoms with Crippen molar-refractivity contribution in [3.05, 3.63) is 87.4 Å². The minimum absolute atomic E-state index is 0.0521. The van der Waals surface area contributed by atoms with E-state index >= 15 is 0 Å². The van der Waals surface area contributed by atoms with Crippen LogP contribution in [0.5, 0.6) is 0 Å². The second-order valence-corrected chi connectivity index (χ2v) is 10.4. The Bertz CT molecular complexity index is 1250. The Kier molecular flexibility index (Phi) is 7.34. The highest BCUT2D eigenvalue weighted by atomic mass is 32.1. The molecule has 0 spiro atoms. The zero-order chi connectivity index (χ0) is 25.1. The second-order valence-electron chi connectivity index (χ2n) is 9.44. The summed E-state index contributed by atoms with van der Waals surface area (Å²) in [4.78, 5) is 33.4. The van der Waals surface area contributed by atoms with E-state index < -0.39 is 0 Å². The third-order valence-electron chi connectivity index (χ3n) is 7.09. The van der Waals surface area contributed by atoms with Gasteiger partial charge in [-0.05, 0) is 66.1 Å². The van der Waals surface area contributed by atoms with Crippen molar-refractivity contribution in [2.45, 2.75) is 25.8 Å². The van der Waals surface area contributed by atoms with Crippen molar-refractivity contribution in [2.75, 3.05) is 44.6 Å². The highest BCUT2D eigenvalue weighted by Crippen LogP contribution is 2.37. The van der Waals surface area contributed by atoms with E-state index in [1.807, 2.05) is 42.2 Å². The number of carbonyl (C=O) groups is 2. The van der Waals surface area contributed by atoms with E-state index in [0.29, 0.717) is 26.2 Å². The van der Waals surface area contributed by atoms with Crippen molar-refractivity contribution >= 4 is 29.0 Å². The van der Waals surface area contributed by atoms with Crippen LogP contribution in [0, 0.1) is 12.7 Å². The molecule has 1 saturated heterocycles. The Morgan fingerprint density at radius 2 is 1.81 bits per heavy atom. The number of rotatable bonds is 4. The van der Waals surface area contributed by atoms with Crippen LogP contribution in [0.25, 0.3) is 0 Å². The van der Waals surface area contributed by atoms with Crippen molar-refractivity contribution in [2.24, 2.45) is 0 Å². The van der Waals surface area contributed by atoms with Crippen LogP contribution in [0.15, 0.2) is 60.0 Å². The molecule has 5 rings (SSSR count). The zero-order valence-corrected chi connectivity index (χ0v) is 21.3. The fourth-order valence-electron chi connectivity index (χ4n) is 5.16. The number of fused-ring (bicyclic) bond motifs is 1. The summed E-state index contributed by atoms with van der Waals surface area (Å²) in [5.74, 6) is -0.214. The van der Waals surface area contributed by atoms with Gasteiger partial charge in [-0.3, -0.25) is 9.69 Å². The average molecular weight is 507 g/mol. The summed E-state index contributed by atoms with van der Waals surface area (Å²) in [5.41, 5.74) is 3.86. The lowest BCUT2D eigenvalue weighted by atomic mass is 9.93. The Labute approximate surface area is 215 Å². The number of amides is 3. The maximum atomic E-state index is 14.1. The minimum atomic E-state index is -0.266. The standard InChI is InChI=1S/C28H31FN4O2S/c1-20-6-2-3-9-24(20)30-28(35)32-13-5-12-31(15-16-32)26(34)19-33-14-10-25-23(11-17-36-25)27(33)21-7-4-8-22(29)18-21/h2-4,6-9,11,17-18,27H,5,10,12-16,19H2,1H3,(H,30,35)/t27-/m1/s1. The van der Waals surface area contributed by atoms with Gasteiger partial charge in [0, 0.05) is 43.3 Å². The van der Waals surface area contributed by atoms with Crippen LogP contribution < -0.4 is 5.32 Å². The lowest BCUT2D eigenvalue weighted by molar-refractivity contribution is -0.132. The third kappa shape index (κ3) is 5.29. The molecule has 1 aromatic heterocycles. The van der Waals surface area contributed by atoms with Crippen molar-refractivity contribution in [1.29, 1.82) is 0 Å². The first kappa shape index (κ1) is 24.5. The first-order valence-electron chi connectivity index (χ1n) is 12.4. The number of anilines is 1. The lowest BCUT2D eigenvalue weighted by Gasteiger charge is -2.37. The number of hydrogen-bond donors (Lipinski definition) is 1. The minimum Gasteiger partial charge on any atom is -0.340 e. The molecule has 6 nitrogen and oxygen atoms in total. The molecule has 0 radical (unpaired) electrons. The zero-order valence-electron chi connectivity index (χ0n) is 20.5. The molecule has 3 amide bonds. The van der Waals surface area contributed by atoms with Crippen molar-refractivity contribution in [1.82, 2.24) is 14.7 Å². The van der Waals surface area contributed by atoms with Gasteiger partial charge in [0.15, 0.2) is 0 Å². The third-order valence-corrected chi connectivity index (χ3v) is 8.09. The van der Waals surface area contributed by atoms with Gasteiger partial charge >= 0.3 is 6.03 Å². The molecule has 36 heavy (non-hydrogen) atoms. The monoisotopic (exact) mass is 506 g/mol. The van der Waals surface area contributed by atoms with Crippen LogP contribution in [-0.2, 0) is 11.2 Å². The van der Waals surface area contributed by atoms with Gasteiger partial charge in [0.1, 0.15) is 5.82 Å². The number of nitrogens with one attached hydrogen (secondary N) is 1. The fourth-order valence-corrected chi connectivity index (χ4v) is 6.06. The van der Waals surface area contributed by atoms with Gasteiger partial charge < -0.3 is 15.1 Å². The SMILES string of the molecule is Cc1ccccc1NC(=O)N1CCCN(C(=O)CN2CCc3sccc3[C@H]2c2cccc(F)c2)CC1. The van der Waals surface area contributed by atoms with Crippen LogP contribution in [0.2, 0.25) is 0 Å². The molecule has 0 aliphatic carbocycles. The van der Waals surface area contributed by atoms with Gasteiger partial charge in [0.25, 0.3) is 0 Å². The van der Waals surface area contributed by atoms with E-state index in [1.54, 1.807) is 28.4 Å². The summed E-state index contributed by atoms with van der Waals surface area (Å²) >= 11 is 1.72. The molecule has 8 heteroatoms. The molecule has 2 aliphatic rings. The molecular formula is C28H31FN4O2S. The largest absolute Gasteiger partial charge is 0.340 e. The van der Waals surface area contributed by atoms with E-state index in [-0.39, 0.29) is 30.3 Å². The Hall–Kier alpha value is -3.23. The molecule has 1 N–H and O–H groups in total. The predicted octanol–water partition coefficient (Wildman–Crippen LogP) is 4.91. The van der Waals surface area contributed by atoms with Gasteiger partial charge in [-0.25, -0.2) is 9.18 Å². The lowest BCUT2D eigenvalue weighted by Crippen LogP contribution is -2.45. The molecule has 3 heterocycles. The number of aryl methyl sites for hydroxylation is 1. The quantitative estimate of drug-likeness (QED) is 0.547. The topological polar surface area (TPSA) is 55.9 Å². The van der Waals surface area contributed by atoms with E-state index in [4.69, 9.17) is 0 Å². The Morgan fingerprint density at radius 1 is 1.00 bits per heavy atom. The number of hydrogen-bond acceptors (Lipinski definition) is 4. The number of carbonyl (C=O) groups excluding carboxylic acids is 2. The molecule has 0 bridgehead atoms. The van der Waals surface area contributed by atoms with Gasteiger partial charge in [-0.15, -0.1) is 11.3 Å². The van der Waals surface area contributed by atoms with Crippen molar-refractivity contribution in [3.8, 4) is 0 Å². The van der Waals surface area contributed by atoms with E-state index in [9.17, 15) is 14.0 Å². The second kappa shape index (κ2) is 10.8. The Morgan fingerprint density at radius 3 is 2.64 bits per heavy atom. The number of para-hydroxylation sites is 1. The summed E-state index contributed by atoms with van der Waals surface area (Å²) < 4.78 is 14.1. The fraction of sp³-hybridized carbons (Fsp3) is 0.357. The number of benzene rings is 2. The molecule has 2 aliphatic heterocycles. The Balaban J connectivity index is 1.24. The smallest absolute Gasteiger partial charge is 0.321 e. The number of nitrogens with zero attached hydrogens (tertiary/aromatic N) is 3. The first-order chi connectivity index (χ1) is 17.5. The van der Waals surface area contributed by atoms with Crippen LogP contribution in [0.4, 0.5) is 14.9 Å². The molecule has 188 valence electrons. The predicted molar refractivity (Wildman–Crippen MR) is 141 cm³/mol. The maximum absolute atomic E-state index is 14.1. The van der Waals surface area contributed by atoms with Gasteiger partial charge in [0.05, 0.1) is 12.6 Å². The number of halogens is 1. The van der Waals surface area contributed by atoms with Gasteiger partial charge in [-0.2, -0.15) is 0 Å². The number of urea groups is 1. The normalized spacial score (nSPS) is 18.4. The van der Waals surface area contributed by atoms with E-state index in [2.05, 4.69) is 21.7 Å². The van der Waals surface area contributed by atoms with Crippen molar-refractivity contribution < 1.29 is 14.0 Å². The van der Waals surface area contributed by atoms with Crippen LogP contribution >= 0.6 is 11.3 Å². The molecular weight excluding hydrogens is 475 g/mol. The summed E-state index contributed by atoms with van der Waals surface area (Å²) in [6.45, 7) is 5.21. The van der Waals surface area contributed by atoms with Crippen molar-refractivity contribution in [3.63, 3.8) is 0 Å². The number of thiophene rings is 1. The molecule has 2 aromatic carbocycles. The summed E-state index contributed by atoms with van der Waals surface area (Å²) in [5, 5.41) is 5.08. The molecule has 0 unspecified atom stereocenters.